The molecule has 7 heteroatoms. The maximum Gasteiger partial charge on any atom is 0.311 e. The predicted molar refractivity (Wildman–Crippen MR) is 87.6 cm³/mol. The first-order valence-corrected chi connectivity index (χ1v) is 8.14. The van der Waals surface area contributed by atoms with E-state index in [1.807, 2.05) is 24.3 Å². The summed E-state index contributed by atoms with van der Waals surface area (Å²) in [6.07, 6.45) is 1.24. The Kier molecular flexibility index (Phi) is 5.41. The van der Waals surface area contributed by atoms with Crippen LogP contribution in [0.2, 0.25) is 0 Å². The quantitative estimate of drug-likeness (QED) is 0.671. The van der Waals surface area contributed by atoms with Gasteiger partial charge in [-0.1, -0.05) is 28.1 Å². The zero-order valence-corrected chi connectivity index (χ0v) is 14.4. The minimum atomic E-state index is -0.871. The molecule has 6 nitrogen and oxygen atoms in total. The Labute approximate surface area is 142 Å². The Hall–Kier alpha value is -1.89. The second kappa shape index (κ2) is 7.12. The van der Waals surface area contributed by atoms with E-state index in [2.05, 4.69) is 26.6 Å². The van der Waals surface area contributed by atoms with Crippen molar-refractivity contribution >= 4 is 33.7 Å². The Morgan fingerprint density at radius 1 is 1.26 bits per heavy atom. The summed E-state index contributed by atoms with van der Waals surface area (Å²) in [6, 6.07) is 6.90. The number of carbonyl (C=O) groups is 3. The average molecular weight is 383 g/mol. The third-order valence-electron chi connectivity index (χ3n) is 3.97. The van der Waals surface area contributed by atoms with Gasteiger partial charge in [0, 0.05) is 17.9 Å². The average Bonchev–Trinajstić information content (AvgIpc) is 3.26. The van der Waals surface area contributed by atoms with Crippen molar-refractivity contribution in [2.75, 3.05) is 6.54 Å². The summed E-state index contributed by atoms with van der Waals surface area (Å²) in [7, 11) is 0. The Morgan fingerprint density at radius 3 is 2.35 bits per heavy atom. The van der Waals surface area contributed by atoms with Crippen molar-refractivity contribution in [1.82, 2.24) is 10.6 Å². The van der Waals surface area contributed by atoms with Crippen LogP contribution in [0.3, 0.4) is 0 Å². The topological polar surface area (TPSA) is 95.5 Å². The molecular formula is C16H19BrN2O4. The molecule has 1 fully saturated rings. The zero-order chi connectivity index (χ0) is 17.0. The lowest BCUT2D eigenvalue weighted by Crippen LogP contribution is -2.37. The van der Waals surface area contributed by atoms with Crippen molar-refractivity contribution in [3.8, 4) is 0 Å². The second-order valence-electron chi connectivity index (χ2n) is 5.87. The standard InChI is InChI=1S/C16H19BrN2O4/c1-10(20)19-13(11-2-4-12(17)5-3-11)8-14(21)18-9-16(6-7-16)15(22)23/h2-5,13H,6-9H2,1H3,(H,18,21)(H,19,20)(H,22,23). The first-order chi connectivity index (χ1) is 10.8. The number of nitrogens with one attached hydrogen (secondary N) is 2. The number of hydrogen-bond donors (Lipinski definition) is 3. The van der Waals surface area contributed by atoms with Crippen LogP contribution in [0.1, 0.15) is 37.8 Å². The molecule has 1 saturated carbocycles. The molecule has 1 atom stereocenters. The molecule has 1 aliphatic carbocycles. The van der Waals surface area contributed by atoms with Crippen molar-refractivity contribution in [3.05, 3.63) is 34.3 Å². The van der Waals surface area contributed by atoms with Gasteiger partial charge in [-0.05, 0) is 30.5 Å². The van der Waals surface area contributed by atoms with Crippen molar-refractivity contribution in [1.29, 1.82) is 0 Å². The molecule has 0 aliphatic heterocycles. The van der Waals surface area contributed by atoms with Crippen LogP contribution < -0.4 is 10.6 Å². The van der Waals surface area contributed by atoms with Crippen LogP contribution in [-0.2, 0) is 14.4 Å². The van der Waals surface area contributed by atoms with E-state index < -0.39 is 17.4 Å². The molecule has 0 saturated heterocycles. The highest BCUT2D eigenvalue weighted by Gasteiger charge is 2.50. The van der Waals surface area contributed by atoms with Crippen LogP contribution in [0.25, 0.3) is 0 Å². The van der Waals surface area contributed by atoms with E-state index in [4.69, 9.17) is 5.11 Å². The van der Waals surface area contributed by atoms with Gasteiger partial charge in [0.15, 0.2) is 0 Å². The minimum absolute atomic E-state index is 0.0664. The lowest BCUT2D eigenvalue weighted by atomic mass is 10.0. The number of halogens is 1. The minimum Gasteiger partial charge on any atom is -0.481 e. The number of carboxylic acid groups (broad SMARTS) is 1. The van der Waals surface area contributed by atoms with Gasteiger partial charge in [-0.25, -0.2) is 0 Å². The fourth-order valence-corrected chi connectivity index (χ4v) is 2.60. The maximum atomic E-state index is 12.1. The van der Waals surface area contributed by atoms with Gasteiger partial charge < -0.3 is 15.7 Å². The molecule has 0 spiro atoms. The fraction of sp³-hybridized carbons (Fsp3) is 0.438. The van der Waals surface area contributed by atoms with Crippen LogP contribution >= 0.6 is 15.9 Å². The van der Waals surface area contributed by atoms with Crippen molar-refractivity contribution < 1.29 is 19.5 Å². The zero-order valence-electron chi connectivity index (χ0n) is 12.8. The first-order valence-electron chi connectivity index (χ1n) is 7.35. The molecule has 0 radical (unpaired) electrons. The summed E-state index contributed by atoms with van der Waals surface area (Å²) in [5.41, 5.74) is 0.0226. The molecule has 0 bridgehead atoms. The number of rotatable bonds is 7. The summed E-state index contributed by atoms with van der Waals surface area (Å²) in [5.74, 6) is -1.38. The molecule has 124 valence electrons. The number of aliphatic carboxylic acids is 1. The number of carbonyl (C=O) groups excluding carboxylic acids is 2. The van der Waals surface area contributed by atoms with Crippen molar-refractivity contribution in [2.24, 2.45) is 5.41 Å². The predicted octanol–water partition coefficient (Wildman–Crippen LogP) is 2.00. The lowest BCUT2D eigenvalue weighted by molar-refractivity contribution is -0.143. The van der Waals surface area contributed by atoms with Gasteiger partial charge in [-0.2, -0.15) is 0 Å². The smallest absolute Gasteiger partial charge is 0.311 e. The van der Waals surface area contributed by atoms with E-state index in [0.29, 0.717) is 12.8 Å². The highest BCUT2D eigenvalue weighted by Crippen LogP contribution is 2.45. The third-order valence-corrected chi connectivity index (χ3v) is 4.50. The highest BCUT2D eigenvalue weighted by molar-refractivity contribution is 9.10. The van der Waals surface area contributed by atoms with Gasteiger partial charge in [-0.3, -0.25) is 14.4 Å². The van der Waals surface area contributed by atoms with E-state index in [9.17, 15) is 14.4 Å². The highest BCUT2D eigenvalue weighted by atomic mass is 79.9. The van der Waals surface area contributed by atoms with Crippen LogP contribution in [0.4, 0.5) is 0 Å². The van der Waals surface area contributed by atoms with Crippen LogP contribution in [0.15, 0.2) is 28.7 Å². The van der Waals surface area contributed by atoms with Gasteiger partial charge >= 0.3 is 5.97 Å². The molecule has 0 heterocycles. The maximum absolute atomic E-state index is 12.1. The molecule has 1 aromatic carbocycles. The van der Waals surface area contributed by atoms with E-state index in [-0.39, 0.29) is 24.8 Å². The van der Waals surface area contributed by atoms with E-state index in [1.54, 1.807) is 0 Å². The van der Waals surface area contributed by atoms with Gasteiger partial charge in [0.2, 0.25) is 11.8 Å². The Morgan fingerprint density at radius 2 is 1.87 bits per heavy atom. The van der Waals surface area contributed by atoms with E-state index >= 15 is 0 Å². The van der Waals surface area contributed by atoms with Crippen molar-refractivity contribution in [2.45, 2.75) is 32.2 Å². The molecule has 3 N–H and O–H groups in total. The van der Waals surface area contributed by atoms with Crippen LogP contribution in [-0.4, -0.2) is 29.4 Å². The van der Waals surface area contributed by atoms with Gasteiger partial charge in [0.25, 0.3) is 0 Å². The molecular weight excluding hydrogens is 364 g/mol. The third kappa shape index (κ3) is 4.79. The number of amides is 2. The lowest BCUT2D eigenvalue weighted by Gasteiger charge is -2.19. The summed E-state index contributed by atoms with van der Waals surface area (Å²) in [4.78, 5) is 34.6. The summed E-state index contributed by atoms with van der Waals surface area (Å²) < 4.78 is 0.907. The molecule has 2 rings (SSSR count). The van der Waals surface area contributed by atoms with Gasteiger partial charge in [-0.15, -0.1) is 0 Å². The summed E-state index contributed by atoms with van der Waals surface area (Å²) in [6.45, 7) is 1.53. The monoisotopic (exact) mass is 382 g/mol. The van der Waals surface area contributed by atoms with Gasteiger partial charge in [0.05, 0.1) is 17.9 Å². The SMILES string of the molecule is CC(=O)NC(CC(=O)NCC1(C(=O)O)CC1)c1ccc(Br)cc1. The largest absolute Gasteiger partial charge is 0.481 e. The van der Waals surface area contributed by atoms with E-state index in [0.717, 1.165) is 10.0 Å². The molecule has 1 aliphatic rings. The van der Waals surface area contributed by atoms with Crippen molar-refractivity contribution in [3.63, 3.8) is 0 Å². The number of hydrogen-bond acceptors (Lipinski definition) is 3. The number of carboxylic acids is 1. The second-order valence-corrected chi connectivity index (χ2v) is 6.79. The fourth-order valence-electron chi connectivity index (χ4n) is 2.34. The van der Waals surface area contributed by atoms with E-state index in [1.165, 1.54) is 6.92 Å². The molecule has 1 unspecified atom stereocenters. The summed E-state index contributed by atoms with van der Waals surface area (Å²) >= 11 is 3.34. The molecule has 0 aromatic heterocycles. The molecule has 2 amide bonds. The van der Waals surface area contributed by atoms with Crippen LogP contribution in [0.5, 0.6) is 0 Å². The molecule has 1 aromatic rings. The number of benzene rings is 1. The van der Waals surface area contributed by atoms with Gasteiger partial charge in [0.1, 0.15) is 0 Å². The molecule has 23 heavy (non-hydrogen) atoms. The Bertz CT molecular complexity index is 611. The van der Waals surface area contributed by atoms with Crippen LogP contribution in [0, 0.1) is 5.41 Å². The Balaban J connectivity index is 1.97. The summed E-state index contributed by atoms with van der Waals surface area (Å²) in [5, 5.41) is 14.5. The first kappa shape index (κ1) is 17.5. The normalized spacial score (nSPS) is 16.3.